The normalized spacial score (nSPS) is 11.9. The van der Waals surface area contributed by atoms with Gasteiger partial charge in [-0.2, -0.15) is 0 Å². The van der Waals surface area contributed by atoms with Crippen molar-refractivity contribution in [2.24, 2.45) is 7.05 Å². The van der Waals surface area contributed by atoms with E-state index in [-0.39, 0.29) is 23.9 Å². The summed E-state index contributed by atoms with van der Waals surface area (Å²) in [6, 6.07) is 16.3. The predicted molar refractivity (Wildman–Crippen MR) is 160 cm³/mol. The fourth-order valence-electron chi connectivity index (χ4n) is 5.08. The van der Waals surface area contributed by atoms with E-state index >= 15 is 0 Å². The summed E-state index contributed by atoms with van der Waals surface area (Å²) in [6.07, 6.45) is 3.80. The van der Waals surface area contributed by atoms with E-state index in [2.05, 4.69) is 18.5 Å². The smallest absolute Gasteiger partial charge is 0.335 e. The number of carbonyl (C=O) groups excluding carboxylic acids is 1. The molecule has 208 valence electrons. The van der Waals surface area contributed by atoms with Crippen LogP contribution in [0.5, 0.6) is 5.75 Å². The van der Waals surface area contributed by atoms with Crippen molar-refractivity contribution in [3.63, 3.8) is 0 Å². The summed E-state index contributed by atoms with van der Waals surface area (Å²) in [5, 5.41) is 13.5. The molecule has 9 heteroatoms. The van der Waals surface area contributed by atoms with Crippen molar-refractivity contribution in [2.45, 2.75) is 25.9 Å². The van der Waals surface area contributed by atoms with Gasteiger partial charge in [-0.25, -0.2) is 14.8 Å². The van der Waals surface area contributed by atoms with Gasteiger partial charge in [-0.05, 0) is 48.4 Å². The van der Waals surface area contributed by atoms with Gasteiger partial charge in [-0.1, -0.05) is 43.0 Å². The SMILES string of the molecule is C=CCn1c(-c2nc3cc(C(=O)O)cc(OC)c3n2C)cc2ccc(C(C)NC(=O)Cc3cccc(C=C)c3)nc21. The number of nitrogens with zero attached hydrogens (tertiary/aromatic N) is 4. The summed E-state index contributed by atoms with van der Waals surface area (Å²) in [7, 11) is 3.37. The lowest BCUT2D eigenvalue weighted by Gasteiger charge is -2.15. The van der Waals surface area contributed by atoms with E-state index in [1.165, 1.54) is 13.2 Å². The van der Waals surface area contributed by atoms with Gasteiger partial charge < -0.3 is 24.3 Å². The van der Waals surface area contributed by atoms with Gasteiger partial charge >= 0.3 is 5.97 Å². The molecular weight excluding hydrogens is 518 g/mol. The number of fused-ring (bicyclic) bond motifs is 2. The number of carboxylic acids is 1. The van der Waals surface area contributed by atoms with E-state index in [0.717, 1.165) is 33.5 Å². The van der Waals surface area contributed by atoms with Crippen molar-refractivity contribution in [3.8, 4) is 17.3 Å². The van der Waals surface area contributed by atoms with Crippen molar-refractivity contribution in [3.05, 3.63) is 96.2 Å². The van der Waals surface area contributed by atoms with E-state index < -0.39 is 5.97 Å². The van der Waals surface area contributed by atoms with Crippen molar-refractivity contribution < 1.29 is 19.4 Å². The standard InChI is InChI=1S/C32H31N5O4/c1-6-13-37-26(31-35-25-16-23(32(39)40)18-27(41-5)29(25)36(31)4)17-22-11-12-24(34-30(22)37)19(3)33-28(38)15-21-10-8-9-20(7-2)14-21/h6-12,14,16-19H,1-2,13,15H2,3-5H3,(H,33,38)(H,39,40). The van der Waals surface area contributed by atoms with Crippen LogP contribution in [0.15, 0.2) is 73.8 Å². The molecule has 5 aromatic rings. The zero-order chi connectivity index (χ0) is 29.3. The number of hydrogen-bond acceptors (Lipinski definition) is 5. The first-order valence-electron chi connectivity index (χ1n) is 13.1. The number of imidazole rings is 1. The quantitative estimate of drug-likeness (QED) is 0.221. The van der Waals surface area contributed by atoms with Crippen LogP contribution >= 0.6 is 0 Å². The Labute approximate surface area is 237 Å². The Hall–Kier alpha value is -5.18. The number of allylic oxidation sites excluding steroid dienone is 1. The minimum Gasteiger partial charge on any atom is -0.494 e. The average Bonchev–Trinajstić information content (AvgIpc) is 3.49. The van der Waals surface area contributed by atoms with Gasteiger partial charge in [0.05, 0.1) is 42.0 Å². The molecule has 0 aliphatic heterocycles. The third kappa shape index (κ3) is 5.21. The Morgan fingerprint density at radius 1 is 1.12 bits per heavy atom. The number of aryl methyl sites for hydroxylation is 1. The number of nitrogens with one attached hydrogen (secondary N) is 1. The lowest BCUT2D eigenvalue weighted by Crippen LogP contribution is -2.28. The van der Waals surface area contributed by atoms with E-state index in [1.54, 1.807) is 18.2 Å². The molecule has 0 saturated carbocycles. The molecule has 41 heavy (non-hydrogen) atoms. The van der Waals surface area contributed by atoms with Crippen molar-refractivity contribution in [2.75, 3.05) is 7.11 Å². The first-order valence-corrected chi connectivity index (χ1v) is 13.1. The fourth-order valence-corrected chi connectivity index (χ4v) is 5.08. The number of pyridine rings is 1. The largest absolute Gasteiger partial charge is 0.494 e. The number of hydrogen-bond donors (Lipinski definition) is 2. The number of aromatic nitrogens is 4. The summed E-state index contributed by atoms with van der Waals surface area (Å²) in [5.74, 6) is -0.0994. The number of rotatable bonds is 10. The molecule has 0 saturated heterocycles. The van der Waals surface area contributed by atoms with Crippen LogP contribution in [0.25, 0.3) is 39.7 Å². The van der Waals surface area contributed by atoms with E-state index in [1.807, 2.05) is 65.6 Å². The van der Waals surface area contributed by atoms with Gasteiger partial charge in [-0.15, -0.1) is 6.58 Å². The molecule has 0 radical (unpaired) electrons. The highest BCUT2D eigenvalue weighted by Gasteiger charge is 2.22. The number of ether oxygens (including phenoxy) is 1. The molecule has 5 rings (SSSR count). The van der Waals surface area contributed by atoms with Crippen LogP contribution in [0.2, 0.25) is 0 Å². The third-order valence-corrected chi connectivity index (χ3v) is 7.08. The molecule has 2 N–H and O–H groups in total. The number of carboxylic acid groups (broad SMARTS) is 1. The monoisotopic (exact) mass is 549 g/mol. The molecule has 1 amide bonds. The molecule has 3 aromatic heterocycles. The summed E-state index contributed by atoms with van der Waals surface area (Å²) < 4.78 is 9.40. The number of carbonyl (C=O) groups is 2. The first kappa shape index (κ1) is 27.4. The molecule has 1 unspecified atom stereocenters. The van der Waals surface area contributed by atoms with Gasteiger partial charge in [0, 0.05) is 19.0 Å². The van der Waals surface area contributed by atoms with Crippen molar-refractivity contribution in [1.82, 2.24) is 24.4 Å². The number of methoxy groups -OCH3 is 1. The molecule has 0 bridgehead atoms. The average molecular weight is 550 g/mol. The maximum Gasteiger partial charge on any atom is 0.335 e. The Bertz CT molecular complexity index is 1830. The zero-order valence-corrected chi connectivity index (χ0v) is 23.2. The minimum atomic E-state index is -1.05. The zero-order valence-electron chi connectivity index (χ0n) is 23.2. The van der Waals surface area contributed by atoms with Crippen LogP contribution in [-0.4, -0.2) is 43.2 Å². The molecular formula is C32H31N5O4. The Balaban J connectivity index is 1.51. The Kier molecular flexibility index (Phi) is 7.43. The van der Waals surface area contributed by atoms with Gasteiger partial charge in [0.25, 0.3) is 0 Å². The number of benzene rings is 2. The summed E-state index contributed by atoms with van der Waals surface area (Å²) in [5.41, 5.74) is 5.42. The Morgan fingerprint density at radius 2 is 1.93 bits per heavy atom. The van der Waals surface area contributed by atoms with Crippen LogP contribution in [0.3, 0.4) is 0 Å². The summed E-state index contributed by atoms with van der Waals surface area (Å²) >= 11 is 0. The van der Waals surface area contributed by atoms with Crippen LogP contribution in [0.4, 0.5) is 0 Å². The van der Waals surface area contributed by atoms with Gasteiger partial charge in [0.2, 0.25) is 5.91 Å². The lowest BCUT2D eigenvalue weighted by molar-refractivity contribution is -0.121. The van der Waals surface area contributed by atoms with E-state index in [0.29, 0.717) is 29.2 Å². The lowest BCUT2D eigenvalue weighted by atomic mass is 10.1. The molecule has 1 atom stereocenters. The minimum absolute atomic E-state index is 0.0985. The first-order chi connectivity index (χ1) is 19.7. The molecule has 2 aromatic carbocycles. The second kappa shape index (κ2) is 11.1. The van der Waals surface area contributed by atoms with Gasteiger partial charge in [0.15, 0.2) is 5.82 Å². The van der Waals surface area contributed by atoms with Crippen LogP contribution in [0.1, 0.15) is 40.1 Å². The highest BCUT2D eigenvalue weighted by Crippen LogP contribution is 2.34. The van der Waals surface area contributed by atoms with Crippen LogP contribution in [-0.2, 0) is 24.8 Å². The third-order valence-electron chi connectivity index (χ3n) is 7.08. The molecule has 9 nitrogen and oxygen atoms in total. The second-order valence-corrected chi connectivity index (χ2v) is 9.84. The van der Waals surface area contributed by atoms with Gasteiger partial charge in [0.1, 0.15) is 16.9 Å². The Morgan fingerprint density at radius 3 is 2.63 bits per heavy atom. The van der Waals surface area contributed by atoms with E-state index in [4.69, 9.17) is 14.7 Å². The van der Waals surface area contributed by atoms with Gasteiger partial charge in [-0.3, -0.25) is 4.79 Å². The molecule has 0 fully saturated rings. The molecule has 0 aliphatic rings. The fraction of sp³-hybridized carbons (Fsp3) is 0.188. The topological polar surface area (TPSA) is 111 Å². The summed E-state index contributed by atoms with van der Waals surface area (Å²) in [4.78, 5) is 34.2. The maximum absolute atomic E-state index is 12.8. The maximum atomic E-state index is 12.8. The summed E-state index contributed by atoms with van der Waals surface area (Å²) in [6.45, 7) is 10.1. The highest BCUT2D eigenvalue weighted by atomic mass is 16.5. The van der Waals surface area contributed by atoms with Crippen molar-refractivity contribution in [1.29, 1.82) is 0 Å². The van der Waals surface area contributed by atoms with Crippen molar-refractivity contribution >= 4 is 40.0 Å². The number of amides is 1. The van der Waals surface area contributed by atoms with Crippen LogP contribution < -0.4 is 10.1 Å². The molecule has 3 heterocycles. The molecule has 0 aliphatic carbocycles. The predicted octanol–water partition coefficient (Wildman–Crippen LogP) is 5.55. The number of aromatic carboxylic acids is 1. The van der Waals surface area contributed by atoms with Crippen LogP contribution in [0, 0.1) is 0 Å². The highest BCUT2D eigenvalue weighted by molar-refractivity contribution is 5.96. The van der Waals surface area contributed by atoms with E-state index in [9.17, 15) is 14.7 Å². The second-order valence-electron chi connectivity index (χ2n) is 9.84. The molecule has 0 spiro atoms.